The van der Waals surface area contributed by atoms with Crippen LogP contribution < -0.4 is 11.1 Å². The van der Waals surface area contributed by atoms with E-state index < -0.39 is 0 Å². The van der Waals surface area contributed by atoms with Gasteiger partial charge in [0.15, 0.2) is 5.69 Å². The van der Waals surface area contributed by atoms with Gasteiger partial charge in [0.05, 0.1) is 0 Å². The quantitative estimate of drug-likeness (QED) is 0.769. The van der Waals surface area contributed by atoms with Crippen LogP contribution in [0.3, 0.4) is 0 Å². The van der Waals surface area contributed by atoms with Crippen molar-refractivity contribution in [2.24, 2.45) is 0 Å². The molecule has 3 rings (SSSR count). The van der Waals surface area contributed by atoms with Gasteiger partial charge in [0.1, 0.15) is 5.82 Å². The summed E-state index contributed by atoms with van der Waals surface area (Å²) < 4.78 is 0. The maximum absolute atomic E-state index is 12.0. The Kier molecular flexibility index (Phi) is 3.47. The van der Waals surface area contributed by atoms with Gasteiger partial charge in [0.2, 0.25) is 0 Å². The third kappa shape index (κ3) is 2.81. The molecule has 3 N–H and O–H groups in total. The predicted molar refractivity (Wildman–Crippen MR) is 81.6 cm³/mol. The van der Waals surface area contributed by atoms with Crippen molar-refractivity contribution in [1.82, 2.24) is 15.5 Å². The van der Waals surface area contributed by atoms with Crippen LogP contribution in [0.1, 0.15) is 16.1 Å². The molecule has 21 heavy (non-hydrogen) atoms. The lowest BCUT2D eigenvalue weighted by atomic mass is 10.0. The normalized spacial score (nSPS) is 10.5. The fourth-order valence-electron chi connectivity index (χ4n) is 2.18. The molecule has 1 heterocycles. The van der Waals surface area contributed by atoms with Gasteiger partial charge in [0.25, 0.3) is 5.91 Å². The number of nitrogen functional groups attached to an aromatic ring is 1. The molecule has 0 aliphatic rings. The third-order valence-corrected chi connectivity index (χ3v) is 3.24. The second kappa shape index (κ2) is 5.58. The zero-order chi connectivity index (χ0) is 14.7. The lowest BCUT2D eigenvalue weighted by molar-refractivity contribution is 0.0945. The van der Waals surface area contributed by atoms with Crippen LogP contribution in [0, 0.1) is 0 Å². The Morgan fingerprint density at radius 3 is 2.62 bits per heavy atom. The largest absolute Gasteiger partial charge is 0.382 e. The van der Waals surface area contributed by atoms with E-state index in [-0.39, 0.29) is 11.6 Å². The summed E-state index contributed by atoms with van der Waals surface area (Å²) in [4.78, 5) is 12.0. The lowest BCUT2D eigenvalue weighted by Gasteiger charge is -2.08. The monoisotopic (exact) mass is 278 g/mol. The molecule has 0 aliphatic heterocycles. The van der Waals surface area contributed by atoms with Crippen LogP contribution in [0.15, 0.2) is 54.6 Å². The standard InChI is InChI=1S/C16H14N4O/c17-15-9-8-14(19-20-15)16(21)18-10-12-6-3-5-11-4-1-2-7-13(11)12/h1-9H,10H2,(H2,17,20)(H,18,21). The highest BCUT2D eigenvalue weighted by atomic mass is 16.1. The number of rotatable bonds is 3. The van der Waals surface area contributed by atoms with E-state index in [1.165, 1.54) is 0 Å². The molecule has 5 heteroatoms. The highest BCUT2D eigenvalue weighted by Gasteiger charge is 2.08. The van der Waals surface area contributed by atoms with Gasteiger partial charge in [-0.15, -0.1) is 10.2 Å². The molecular formula is C16H14N4O. The number of nitrogens with one attached hydrogen (secondary N) is 1. The number of carbonyl (C=O) groups is 1. The van der Waals surface area contributed by atoms with Crippen LogP contribution in [-0.4, -0.2) is 16.1 Å². The average Bonchev–Trinajstić information content (AvgIpc) is 2.53. The second-order valence-electron chi connectivity index (χ2n) is 4.66. The summed E-state index contributed by atoms with van der Waals surface area (Å²) in [6, 6.07) is 17.2. The average molecular weight is 278 g/mol. The van der Waals surface area contributed by atoms with Gasteiger partial charge in [-0.05, 0) is 28.5 Å². The number of nitrogens with zero attached hydrogens (tertiary/aromatic N) is 2. The molecule has 0 spiro atoms. The first kappa shape index (κ1) is 13.1. The van der Waals surface area contributed by atoms with Crippen LogP contribution in [0.5, 0.6) is 0 Å². The summed E-state index contributed by atoms with van der Waals surface area (Å²) in [5.41, 5.74) is 6.76. The van der Waals surface area contributed by atoms with Crippen molar-refractivity contribution in [2.45, 2.75) is 6.54 Å². The van der Waals surface area contributed by atoms with Crippen molar-refractivity contribution in [3.63, 3.8) is 0 Å². The Balaban J connectivity index is 1.77. The number of benzene rings is 2. The summed E-state index contributed by atoms with van der Waals surface area (Å²) in [7, 11) is 0. The van der Waals surface area contributed by atoms with Gasteiger partial charge in [-0.25, -0.2) is 0 Å². The fraction of sp³-hybridized carbons (Fsp3) is 0.0625. The Morgan fingerprint density at radius 1 is 1.00 bits per heavy atom. The van der Waals surface area contributed by atoms with Crippen LogP contribution in [0.4, 0.5) is 5.82 Å². The number of aromatic nitrogens is 2. The van der Waals surface area contributed by atoms with Gasteiger partial charge in [-0.1, -0.05) is 42.5 Å². The van der Waals surface area contributed by atoms with Crippen molar-refractivity contribution in [2.75, 3.05) is 5.73 Å². The van der Waals surface area contributed by atoms with E-state index in [0.717, 1.165) is 16.3 Å². The SMILES string of the molecule is Nc1ccc(C(=O)NCc2cccc3ccccc23)nn1. The van der Waals surface area contributed by atoms with E-state index in [0.29, 0.717) is 12.4 Å². The summed E-state index contributed by atoms with van der Waals surface area (Å²) in [5, 5.41) is 12.6. The molecular weight excluding hydrogens is 264 g/mol. The van der Waals surface area contributed by atoms with Crippen molar-refractivity contribution in [3.8, 4) is 0 Å². The van der Waals surface area contributed by atoms with Crippen LogP contribution in [0.2, 0.25) is 0 Å². The first-order valence-electron chi connectivity index (χ1n) is 6.58. The van der Waals surface area contributed by atoms with Gasteiger partial charge >= 0.3 is 0 Å². The molecule has 0 saturated heterocycles. The smallest absolute Gasteiger partial charge is 0.272 e. The number of hydrogen-bond acceptors (Lipinski definition) is 4. The summed E-state index contributed by atoms with van der Waals surface area (Å²) >= 11 is 0. The first-order valence-corrected chi connectivity index (χ1v) is 6.58. The lowest BCUT2D eigenvalue weighted by Crippen LogP contribution is -2.24. The molecule has 0 fully saturated rings. The van der Waals surface area contributed by atoms with E-state index in [2.05, 4.69) is 15.5 Å². The molecule has 1 aromatic heterocycles. The predicted octanol–water partition coefficient (Wildman–Crippen LogP) is 2.14. The summed E-state index contributed by atoms with van der Waals surface area (Å²) in [6.07, 6.45) is 0. The summed E-state index contributed by atoms with van der Waals surface area (Å²) in [6.45, 7) is 0.437. The highest BCUT2D eigenvalue weighted by Crippen LogP contribution is 2.18. The molecule has 104 valence electrons. The van der Waals surface area contributed by atoms with Crippen LogP contribution >= 0.6 is 0 Å². The molecule has 0 atom stereocenters. The maximum Gasteiger partial charge on any atom is 0.272 e. The summed E-state index contributed by atoms with van der Waals surface area (Å²) in [5.74, 6) is 0.0241. The molecule has 2 aromatic carbocycles. The first-order chi connectivity index (χ1) is 10.2. The molecule has 0 aliphatic carbocycles. The number of amides is 1. The minimum Gasteiger partial charge on any atom is -0.382 e. The fourth-order valence-corrected chi connectivity index (χ4v) is 2.18. The van der Waals surface area contributed by atoms with Crippen molar-refractivity contribution in [1.29, 1.82) is 0 Å². The third-order valence-electron chi connectivity index (χ3n) is 3.24. The van der Waals surface area contributed by atoms with E-state index in [1.54, 1.807) is 12.1 Å². The zero-order valence-corrected chi connectivity index (χ0v) is 11.3. The second-order valence-corrected chi connectivity index (χ2v) is 4.66. The Morgan fingerprint density at radius 2 is 1.81 bits per heavy atom. The van der Waals surface area contributed by atoms with E-state index in [1.807, 2.05) is 42.5 Å². The number of nitrogens with two attached hydrogens (primary N) is 1. The number of fused-ring (bicyclic) bond motifs is 1. The Hall–Kier alpha value is -2.95. The van der Waals surface area contributed by atoms with Gasteiger partial charge < -0.3 is 11.1 Å². The minimum atomic E-state index is -0.268. The Bertz CT molecular complexity index is 778. The Labute approximate surface area is 121 Å². The zero-order valence-electron chi connectivity index (χ0n) is 11.3. The molecule has 0 unspecified atom stereocenters. The highest BCUT2D eigenvalue weighted by molar-refractivity contribution is 5.92. The molecule has 0 radical (unpaired) electrons. The molecule has 5 nitrogen and oxygen atoms in total. The number of anilines is 1. The maximum atomic E-state index is 12.0. The van der Waals surface area contributed by atoms with Crippen molar-refractivity contribution >= 4 is 22.5 Å². The molecule has 1 amide bonds. The van der Waals surface area contributed by atoms with Crippen LogP contribution in [-0.2, 0) is 6.54 Å². The molecule has 0 saturated carbocycles. The van der Waals surface area contributed by atoms with E-state index in [4.69, 9.17) is 5.73 Å². The number of hydrogen-bond donors (Lipinski definition) is 2. The van der Waals surface area contributed by atoms with Crippen LogP contribution in [0.25, 0.3) is 10.8 Å². The van der Waals surface area contributed by atoms with E-state index in [9.17, 15) is 4.79 Å². The van der Waals surface area contributed by atoms with E-state index >= 15 is 0 Å². The van der Waals surface area contributed by atoms with Gasteiger partial charge in [-0.2, -0.15) is 0 Å². The topological polar surface area (TPSA) is 80.9 Å². The van der Waals surface area contributed by atoms with Crippen molar-refractivity contribution < 1.29 is 4.79 Å². The molecule has 0 bridgehead atoms. The van der Waals surface area contributed by atoms with Gasteiger partial charge in [0, 0.05) is 6.54 Å². The molecule has 3 aromatic rings. The van der Waals surface area contributed by atoms with Gasteiger partial charge in [-0.3, -0.25) is 4.79 Å². The number of carbonyl (C=O) groups excluding carboxylic acids is 1. The minimum absolute atomic E-state index is 0.254. The van der Waals surface area contributed by atoms with Crippen molar-refractivity contribution in [3.05, 3.63) is 65.9 Å².